The number of anilines is 6. The molecule has 7 heteroatoms. The SMILES string of the molecule is c1ccc(-n2c3ccccc3c3cc(N(c4ccc5c(c4)c4ccccc4n5-c4ccccc4)c4ccc5c(c4)c4cc(N(c6ccc7c(c6)c6ccccc6n7-c6ccccc6)c6ccc7c(c6)c6ccccc6n7-c6ccccc6)ccc4n5-c4ccccc4)ccc32)cc1. The van der Waals surface area contributed by atoms with Crippen LogP contribution in [-0.4, -0.2) is 22.8 Å². The van der Waals surface area contributed by atoms with Crippen molar-refractivity contribution in [3.05, 3.63) is 358 Å². The molecule has 5 heterocycles. The van der Waals surface area contributed by atoms with Crippen LogP contribution in [0.2, 0.25) is 0 Å². The molecule has 20 rings (SSSR count). The van der Waals surface area contributed by atoms with Gasteiger partial charge in [0, 0.05) is 116 Å². The maximum atomic E-state index is 2.48. The molecule has 7 nitrogen and oxygen atoms in total. The third-order valence-corrected chi connectivity index (χ3v) is 20.0. The molecule has 0 radical (unpaired) electrons. The van der Waals surface area contributed by atoms with E-state index in [1.54, 1.807) is 0 Å². The maximum Gasteiger partial charge on any atom is 0.0542 e. The first-order valence-corrected chi connectivity index (χ1v) is 33.2. The molecule has 0 amide bonds. The highest BCUT2D eigenvalue weighted by Gasteiger charge is 2.25. The highest BCUT2D eigenvalue weighted by molar-refractivity contribution is 6.17. The summed E-state index contributed by atoms with van der Waals surface area (Å²) in [7, 11) is 0. The van der Waals surface area contributed by atoms with Crippen LogP contribution in [0.15, 0.2) is 358 Å². The van der Waals surface area contributed by atoms with Crippen LogP contribution < -0.4 is 9.80 Å². The number of fused-ring (bicyclic) bond motifs is 15. The van der Waals surface area contributed by atoms with Gasteiger partial charge in [-0.25, -0.2) is 0 Å². The molecule has 0 saturated carbocycles. The number of para-hydroxylation sites is 9. The van der Waals surface area contributed by atoms with Gasteiger partial charge in [0.25, 0.3) is 0 Å². The highest BCUT2D eigenvalue weighted by Crippen LogP contribution is 2.48. The van der Waals surface area contributed by atoms with Gasteiger partial charge < -0.3 is 32.6 Å². The van der Waals surface area contributed by atoms with Crippen molar-refractivity contribution in [2.24, 2.45) is 0 Å². The predicted molar refractivity (Wildman–Crippen MR) is 408 cm³/mol. The minimum Gasteiger partial charge on any atom is -0.310 e. The van der Waals surface area contributed by atoms with Gasteiger partial charge in [0.1, 0.15) is 0 Å². The molecule has 0 atom stereocenters. The summed E-state index contributed by atoms with van der Waals surface area (Å²) >= 11 is 0. The molecule has 0 aliphatic rings. The van der Waals surface area contributed by atoms with Gasteiger partial charge in [0.05, 0.1) is 55.2 Å². The Kier molecular flexibility index (Phi) is 12.2. The Hall–Kier alpha value is -13.1. The van der Waals surface area contributed by atoms with Crippen molar-refractivity contribution >= 4 is 143 Å². The summed E-state index contributed by atoms with van der Waals surface area (Å²) in [5.74, 6) is 0. The van der Waals surface area contributed by atoms with Crippen LogP contribution in [0.4, 0.5) is 34.1 Å². The van der Waals surface area contributed by atoms with Crippen molar-refractivity contribution in [2.75, 3.05) is 9.80 Å². The van der Waals surface area contributed by atoms with E-state index < -0.39 is 0 Å². The van der Waals surface area contributed by atoms with E-state index in [0.29, 0.717) is 0 Å². The molecular formula is C90H59N7. The minimum atomic E-state index is 1.04. The van der Waals surface area contributed by atoms with Crippen LogP contribution in [0.1, 0.15) is 0 Å². The highest BCUT2D eigenvalue weighted by atomic mass is 15.2. The fourth-order valence-corrected chi connectivity index (χ4v) is 15.8. The fourth-order valence-electron chi connectivity index (χ4n) is 15.8. The standard InChI is InChI=1S/C90H59N7/c1-6-24-60(25-7-1)93-81-38-20-16-34-71(81)75-54-65(42-48-85(75)93)91(66-43-49-86-76(55-66)72-35-17-21-39-82(72)94(86)61-26-8-2-9-27-61)69-46-52-89-79(58-69)80-59-70(47-53-90(80)97(89)64-32-14-5-15-33-64)92(67-44-50-87-77(56-67)73-36-18-22-40-83(73)95(87)62-28-10-3-11-29-62)68-45-51-88-78(57-68)74-37-19-23-41-84(74)96(88)63-30-12-4-13-31-63/h1-59H. The maximum absolute atomic E-state index is 2.48. The molecule has 0 fully saturated rings. The molecule has 0 aliphatic heterocycles. The first-order chi connectivity index (χ1) is 48.1. The average molecular weight is 1240 g/mol. The van der Waals surface area contributed by atoms with Gasteiger partial charge in [-0.15, -0.1) is 0 Å². The van der Waals surface area contributed by atoms with Gasteiger partial charge in [0.15, 0.2) is 0 Å². The van der Waals surface area contributed by atoms with Crippen LogP contribution >= 0.6 is 0 Å². The summed E-state index contributed by atoms with van der Waals surface area (Å²) in [5, 5.41) is 11.8. The van der Waals surface area contributed by atoms with Crippen LogP contribution in [0, 0.1) is 0 Å². The Morgan fingerprint density at radius 3 is 0.485 bits per heavy atom. The Balaban J connectivity index is 0.838. The van der Waals surface area contributed by atoms with Crippen molar-refractivity contribution < 1.29 is 0 Å². The topological polar surface area (TPSA) is 31.1 Å². The second kappa shape index (κ2) is 21.7. The summed E-state index contributed by atoms with van der Waals surface area (Å²) in [6, 6.07) is 131. The van der Waals surface area contributed by atoms with Gasteiger partial charge in [0.2, 0.25) is 0 Å². The summed E-state index contributed by atoms with van der Waals surface area (Å²) in [4.78, 5) is 4.96. The smallest absolute Gasteiger partial charge is 0.0542 e. The molecule has 0 bridgehead atoms. The molecule has 0 N–H and O–H groups in total. The lowest BCUT2D eigenvalue weighted by Gasteiger charge is -2.26. The van der Waals surface area contributed by atoms with E-state index in [9.17, 15) is 0 Å². The molecule has 0 saturated heterocycles. The quantitative estimate of drug-likeness (QED) is 0.129. The summed E-state index contributed by atoms with van der Waals surface area (Å²) < 4.78 is 12.0. The van der Waals surface area contributed by atoms with Crippen molar-refractivity contribution in [3.8, 4) is 28.4 Å². The van der Waals surface area contributed by atoms with Gasteiger partial charge in [-0.1, -0.05) is 164 Å². The lowest BCUT2D eigenvalue weighted by atomic mass is 10.1. The van der Waals surface area contributed by atoms with E-state index in [-0.39, 0.29) is 0 Å². The van der Waals surface area contributed by atoms with E-state index in [1.807, 2.05) is 0 Å². The largest absolute Gasteiger partial charge is 0.310 e. The van der Waals surface area contributed by atoms with Crippen LogP contribution in [0.3, 0.4) is 0 Å². The van der Waals surface area contributed by atoms with Crippen molar-refractivity contribution in [2.45, 2.75) is 0 Å². The number of nitrogens with zero attached hydrogens (tertiary/aromatic N) is 7. The average Bonchev–Trinajstić information content (AvgIpc) is 1.61. The van der Waals surface area contributed by atoms with Crippen molar-refractivity contribution in [1.82, 2.24) is 22.8 Å². The molecule has 0 aliphatic carbocycles. The predicted octanol–water partition coefficient (Wildman–Crippen LogP) is 24.1. The lowest BCUT2D eigenvalue weighted by Crippen LogP contribution is -2.10. The Bertz CT molecular complexity index is 5800. The van der Waals surface area contributed by atoms with Gasteiger partial charge in [-0.2, -0.15) is 0 Å². The van der Waals surface area contributed by atoms with Gasteiger partial charge in [-0.3, -0.25) is 0 Å². The van der Waals surface area contributed by atoms with Crippen LogP contribution in [-0.2, 0) is 0 Å². The second-order valence-corrected chi connectivity index (χ2v) is 25.3. The molecule has 454 valence electrons. The fraction of sp³-hybridized carbons (Fsp3) is 0. The molecule has 20 aromatic rings. The second-order valence-electron chi connectivity index (χ2n) is 25.3. The zero-order valence-electron chi connectivity index (χ0n) is 52.7. The van der Waals surface area contributed by atoms with E-state index in [4.69, 9.17) is 0 Å². The first kappa shape index (κ1) is 54.5. The van der Waals surface area contributed by atoms with Crippen molar-refractivity contribution in [1.29, 1.82) is 0 Å². The van der Waals surface area contributed by atoms with E-state index in [0.717, 1.165) is 106 Å². The Labute approximate surface area is 558 Å². The summed E-state index contributed by atoms with van der Waals surface area (Å²) in [5.41, 5.74) is 23.4. The number of aromatic nitrogens is 5. The minimum absolute atomic E-state index is 1.04. The number of rotatable bonds is 11. The molecular weight excluding hydrogens is 1180 g/mol. The first-order valence-electron chi connectivity index (χ1n) is 33.2. The van der Waals surface area contributed by atoms with Gasteiger partial charge in [-0.05, 0) is 194 Å². The molecule has 97 heavy (non-hydrogen) atoms. The number of hydrogen-bond donors (Lipinski definition) is 0. The zero-order valence-corrected chi connectivity index (χ0v) is 52.7. The van der Waals surface area contributed by atoms with Gasteiger partial charge >= 0.3 is 0 Å². The van der Waals surface area contributed by atoms with Crippen LogP contribution in [0.5, 0.6) is 0 Å². The molecule has 0 unspecified atom stereocenters. The summed E-state index contributed by atoms with van der Waals surface area (Å²) in [6.45, 7) is 0. The van der Waals surface area contributed by atoms with E-state index in [2.05, 4.69) is 391 Å². The third kappa shape index (κ3) is 8.48. The number of hydrogen-bond acceptors (Lipinski definition) is 2. The molecule has 15 aromatic carbocycles. The molecule has 0 spiro atoms. The lowest BCUT2D eigenvalue weighted by molar-refractivity contribution is 1.17. The number of benzene rings is 15. The van der Waals surface area contributed by atoms with E-state index in [1.165, 1.54) is 65.2 Å². The Morgan fingerprint density at radius 2 is 0.289 bits per heavy atom. The zero-order chi connectivity index (χ0) is 63.7. The van der Waals surface area contributed by atoms with Crippen molar-refractivity contribution in [3.63, 3.8) is 0 Å². The Morgan fingerprint density at radius 1 is 0.134 bits per heavy atom. The van der Waals surface area contributed by atoms with E-state index >= 15 is 0 Å². The van der Waals surface area contributed by atoms with Crippen LogP contribution in [0.25, 0.3) is 137 Å². The third-order valence-electron chi connectivity index (χ3n) is 20.0. The monoisotopic (exact) mass is 1240 g/mol. The molecule has 5 aromatic heterocycles. The summed E-state index contributed by atoms with van der Waals surface area (Å²) in [6.07, 6.45) is 0. The normalized spacial score (nSPS) is 11.9.